The molecule has 0 radical (unpaired) electrons. The zero-order valence-electron chi connectivity index (χ0n) is 14.7. The van der Waals surface area contributed by atoms with Crippen LogP contribution in [0.25, 0.3) is 0 Å². The summed E-state index contributed by atoms with van der Waals surface area (Å²) in [5.41, 5.74) is 3.24. The van der Waals surface area contributed by atoms with Crippen LogP contribution >= 0.6 is 0 Å². The SMILES string of the molecule is NNC(=O)c1ccc(CC2CN(C(=O)Nc3ccccc3)CCO2)c(F)c1. The second-order valence-corrected chi connectivity index (χ2v) is 6.22. The summed E-state index contributed by atoms with van der Waals surface area (Å²) in [6.45, 7) is 1.19. The molecule has 1 atom stereocenters. The van der Waals surface area contributed by atoms with Crippen LogP contribution in [-0.2, 0) is 11.2 Å². The molecule has 1 fully saturated rings. The van der Waals surface area contributed by atoms with E-state index in [0.717, 1.165) is 6.07 Å². The number of benzene rings is 2. The van der Waals surface area contributed by atoms with Crippen molar-refractivity contribution in [2.75, 3.05) is 25.0 Å². The lowest BCUT2D eigenvalue weighted by Gasteiger charge is -2.33. The molecule has 1 saturated heterocycles. The van der Waals surface area contributed by atoms with Crippen LogP contribution in [0, 0.1) is 5.82 Å². The van der Waals surface area contributed by atoms with Gasteiger partial charge in [0.25, 0.3) is 5.91 Å². The van der Waals surface area contributed by atoms with E-state index in [2.05, 4.69) is 5.32 Å². The number of nitrogens with one attached hydrogen (secondary N) is 2. The minimum atomic E-state index is -0.557. The first-order valence-electron chi connectivity index (χ1n) is 8.59. The number of nitrogens with two attached hydrogens (primary N) is 1. The van der Waals surface area contributed by atoms with E-state index < -0.39 is 11.7 Å². The maximum absolute atomic E-state index is 14.3. The fourth-order valence-electron chi connectivity index (χ4n) is 2.93. The van der Waals surface area contributed by atoms with Gasteiger partial charge in [0.15, 0.2) is 0 Å². The summed E-state index contributed by atoms with van der Waals surface area (Å²) in [5, 5.41) is 2.83. The van der Waals surface area contributed by atoms with E-state index in [1.54, 1.807) is 4.90 Å². The van der Waals surface area contributed by atoms with Gasteiger partial charge in [0.2, 0.25) is 0 Å². The average Bonchev–Trinajstić information content (AvgIpc) is 2.70. The number of rotatable bonds is 4. The number of para-hydroxylation sites is 1. The summed E-state index contributed by atoms with van der Waals surface area (Å²) < 4.78 is 20.0. The third-order valence-corrected chi connectivity index (χ3v) is 4.34. The van der Waals surface area contributed by atoms with Gasteiger partial charge in [0, 0.05) is 30.8 Å². The second-order valence-electron chi connectivity index (χ2n) is 6.22. The number of amides is 3. The van der Waals surface area contributed by atoms with Crippen molar-refractivity contribution in [2.24, 2.45) is 5.84 Å². The van der Waals surface area contributed by atoms with Crippen LogP contribution < -0.4 is 16.6 Å². The maximum Gasteiger partial charge on any atom is 0.322 e. The van der Waals surface area contributed by atoms with E-state index in [4.69, 9.17) is 10.6 Å². The van der Waals surface area contributed by atoms with Crippen molar-refractivity contribution < 1.29 is 18.7 Å². The van der Waals surface area contributed by atoms with Crippen LogP contribution in [0.3, 0.4) is 0 Å². The number of urea groups is 1. The van der Waals surface area contributed by atoms with Gasteiger partial charge in [-0.1, -0.05) is 24.3 Å². The highest BCUT2D eigenvalue weighted by Gasteiger charge is 2.25. The Hall–Kier alpha value is -2.97. The summed E-state index contributed by atoms with van der Waals surface area (Å²) in [4.78, 5) is 25.5. The summed E-state index contributed by atoms with van der Waals surface area (Å²) >= 11 is 0. The number of morpholine rings is 1. The first-order chi connectivity index (χ1) is 13.1. The van der Waals surface area contributed by atoms with Gasteiger partial charge < -0.3 is 15.0 Å². The fourth-order valence-corrected chi connectivity index (χ4v) is 2.93. The molecule has 1 aliphatic rings. The number of nitrogen functional groups attached to an aromatic ring is 1. The Labute approximate surface area is 156 Å². The van der Waals surface area contributed by atoms with Crippen LogP contribution in [0.15, 0.2) is 48.5 Å². The van der Waals surface area contributed by atoms with Crippen molar-refractivity contribution in [3.8, 4) is 0 Å². The molecule has 3 rings (SSSR count). The largest absolute Gasteiger partial charge is 0.374 e. The minimum absolute atomic E-state index is 0.146. The van der Waals surface area contributed by atoms with Gasteiger partial charge in [-0.3, -0.25) is 10.2 Å². The van der Waals surface area contributed by atoms with Gasteiger partial charge in [0.1, 0.15) is 5.82 Å². The smallest absolute Gasteiger partial charge is 0.322 e. The van der Waals surface area contributed by atoms with E-state index in [-0.39, 0.29) is 17.7 Å². The molecule has 8 heteroatoms. The van der Waals surface area contributed by atoms with Crippen LogP contribution in [-0.4, -0.2) is 42.6 Å². The molecule has 0 bridgehead atoms. The standard InChI is InChI=1S/C19H21FN4O3/c20-17-11-14(18(25)23-21)7-6-13(17)10-16-12-24(8-9-27-16)19(26)22-15-4-2-1-3-5-15/h1-7,11,16H,8-10,12,21H2,(H,22,26)(H,23,25). The van der Waals surface area contributed by atoms with E-state index >= 15 is 0 Å². The molecular formula is C19H21FN4O3. The van der Waals surface area contributed by atoms with Crippen molar-refractivity contribution in [1.29, 1.82) is 0 Å². The molecule has 0 aliphatic carbocycles. The number of anilines is 1. The van der Waals surface area contributed by atoms with Crippen molar-refractivity contribution in [3.63, 3.8) is 0 Å². The Morgan fingerprint density at radius 1 is 1.22 bits per heavy atom. The number of nitrogens with zero attached hydrogens (tertiary/aromatic N) is 1. The Morgan fingerprint density at radius 3 is 2.70 bits per heavy atom. The van der Waals surface area contributed by atoms with Gasteiger partial charge in [-0.05, 0) is 29.8 Å². The molecule has 27 heavy (non-hydrogen) atoms. The van der Waals surface area contributed by atoms with Crippen LogP contribution in [0.5, 0.6) is 0 Å². The number of carbonyl (C=O) groups is 2. The van der Waals surface area contributed by atoms with Gasteiger partial charge in [-0.2, -0.15) is 0 Å². The van der Waals surface area contributed by atoms with Crippen LogP contribution in [0.2, 0.25) is 0 Å². The topological polar surface area (TPSA) is 96.7 Å². The van der Waals surface area contributed by atoms with Gasteiger partial charge in [-0.25, -0.2) is 15.0 Å². The number of hydrogen-bond acceptors (Lipinski definition) is 4. The molecule has 4 N–H and O–H groups in total. The van der Waals surface area contributed by atoms with Gasteiger partial charge >= 0.3 is 6.03 Å². The molecule has 2 aromatic carbocycles. The van der Waals surface area contributed by atoms with Crippen molar-refractivity contribution in [2.45, 2.75) is 12.5 Å². The Morgan fingerprint density at radius 2 is 2.00 bits per heavy atom. The van der Waals surface area contributed by atoms with Gasteiger partial charge in [0.05, 0.1) is 12.7 Å². The lowest BCUT2D eigenvalue weighted by Crippen LogP contribution is -2.48. The molecule has 3 amide bonds. The summed E-state index contributed by atoms with van der Waals surface area (Å²) in [5.74, 6) is 3.99. The highest BCUT2D eigenvalue weighted by molar-refractivity contribution is 5.93. The molecule has 142 valence electrons. The normalized spacial score (nSPS) is 16.7. The fraction of sp³-hybridized carbons (Fsp3) is 0.263. The summed E-state index contributed by atoms with van der Waals surface area (Å²) in [6, 6.07) is 13.1. The van der Waals surface area contributed by atoms with Crippen LogP contribution in [0.1, 0.15) is 15.9 Å². The molecule has 2 aromatic rings. The van der Waals surface area contributed by atoms with Crippen molar-refractivity contribution in [3.05, 3.63) is 65.5 Å². The van der Waals surface area contributed by atoms with E-state index in [0.29, 0.717) is 37.4 Å². The number of halogens is 1. The Balaban J connectivity index is 1.61. The number of carbonyl (C=O) groups excluding carboxylic acids is 2. The molecule has 7 nitrogen and oxygen atoms in total. The predicted molar refractivity (Wildman–Crippen MR) is 98.5 cm³/mol. The number of hydrazine groups is 1. The third kappa shape index (κ3) is 4.81. The van der Waals surface area contributed by atoms with Crippen LogP contribution in [0.4, 0.5) is 14.9 Å². The van der Waals surface area contributed by atoms with Crippen molar-refractivity contribution >= 4 is 17.6 Å². The quantitative estimate of drug-likeness (QED) is 0.434. The average molecular weight is 372 g/mol. The van der Waals surface area contributed by atoms with E-state index in [1.807, 2.05) is 35.8 Å². The highest BCUT2D eigenvalue weighted by Crippen LogP contribution is 2.17. The summed E-state index contributed by atoms with van der Waals surface area (Å²) in [6.07, 6.45) is -0.0326. The first-order valence-corrected chi connectivity index (χ1v) is 8.59. The monoisotopic (exact) mass is 372 g/mol. The first kappa shape index (κ1) is 18.8. The minimum Gasteiger partial charge on any atom is -0.374 e. The Kier molecular flexibility index (Phi) is 6.00. The molecule has 1 heterocycles. The predicted octanol–water partition coefficient (Wildman–Crippen LogP) is 1.90. The zero-order chi connectivity index (χ0) is 19.2. The Bertz CT molecular complexity index is 816. The van der Waals surface area contributed by atoms with Gasteiger partial charge in [-0.15, -0.1) is 0 Å². The maximum atomic E-state index is 14.3. The molecule has 0 spiro atoms. The molecule has 1 aliphatic heterocycles. The molecular weight excluding hydrogens is 351 g/mol. The molecule has 1 unspecified atom stereocenters. The lowest BCUT2D eigenvalue weighted by molar-refractivity contribution is -0.0117. The lowest BCUT2D eigenvalue weighted by atomic mass is 10.0. The summed E-state index contributed by atoms with van der Waals surface area (Å²) in [7, 11) is 0. The van der Waals surface area contributed by atoms with E-state index in [9.17, 15) is 14.0 Å². The number of ether oxygens (including phenoxy) is 1. The zero-order valence-corrected chi connectivity index (χ0v) is 14.7. The molecule has 0 aromatic heterocycles. The second kappa shape index (κ2) is 8.61. The van der Waals surface area contributed by atoms with E-state index in [1.165, 1.54) is 12.1 Å². The highest BCUT2D eigenvalue weighted by atomic mass is 19.1. The van der Waals surface area contributed by atoms with Crippen molar-refractivity contribution in [1.82, 2.24) is 10.3 Å². The number of hydrogen-bond donors (Lipinski definition) is 3. The third-order valence-electron chi connectivity index (χ3n) is 4.34. The molecule has 0 saturated carbocycles.